The molecule has 0 amide bonds. The zero-order valence-corrected chi connectivity index (χ0v) is 16.7. The lowest BCUT2D eigenvalue weighted by Crippen LogP contribution is -2.32. The standard InChI is InChI=1S/C20H32N4O/c1-16(2)12-23-14-18(11-22-23)19(4,5)8-9-25-20(6,7)15-24-13-17(3)10-21-24/h10-14H,8-9,15H2,1-7H3. The third-order valence-corrected chi connectivity index (χ3v) is 4.30. The van der Waals surface area contributed by atoms with Gasteiger partial charge in [-0.2, -0.15) is 10.2 Å². The van der Waals surface area contributed by atoms with Crippen molar-refractivity contribution in [3.63, 3.8) is 0 Å². The summed E-state index contributed by atoms with van der Waals surface area (Å²) >= 11 is 0. The zero-order chi connectivity index (χ0) is 18.7. The summed E-state index contributed by atoms with van der Waals surface area (Å²) in [6.45, 7) is 16.4. The van der Waals surface area contributed by atoms with Gasteiger partial charge in [-0.25, -0.2) is 4.68 Å². The molecule has 2 aromatic rings. The van der Waals surface area contributed by atoms with Crippen LogP contribution in [-0.4, -0.2) is 31.8 Å². The molecule has 0 unspecified atom stereocenters. The van der Waals surface area contributed by atoms with Crippen molar-refractivity contribution in [2.24, 2.45) is 0 Å². The fourth-order valence-corrected chi connectivity index (χ4v) is 2.74. The molecule has 2 rings (SSSR count). The maximum Gasteiger partial charge on any atom is 0.0821 e. The number of nitrogens with zero attached hydrogens (tertiary/aromatic N) is 4. The number of hydrogen-bond donors (Lipinski definition) is 0. The third-order valence-electron chi connectivity index (χ3n) is 4.30. The van der Waals surface area contributed by atoms with E-state index in [1.165, 1.54) is 16.7 Å². The average Bonchev–Trinajstić information content (AvgIpc) is 3.07. The molecule has 0 aliphatic carbocycles. The summed E-state index contributed by atoms with van der Waals surface area (Å²) in [7, 11) is 0. The quantitative estimate of drug-likeness (QED) is 0.711. The third kappa shape index (κ3) is 5.85. The van der Waals surface area contributed by atoms with Gasteiger partial charge >= 0.3 is 0 Å². The van der Waals surface area contributed by atoms with Crippen molar-refractivity contribution in [1.29, 1.82) is 0 Å². The Kier molecular flexibility index (Phi) is 5.88. The van der Waals surface area contributed by atoms with E-state index in [0.717, 1.165) is 13.0 Å². The molecule has 0 saturated heterocycles. The van der Waals surface area contributed by atoms with Crippen LogP contribution in [0.4, 0.5) is 0 Å². The summed E-state index contributed by atoms with van der Waals surface area (Å²) in [6, 6.07) is 0. The van der Waals surface area contributed by atoms with Crippen LogP contribution >= 0.6 is 0 Å². The summed E-state index contributed by atoms with van der Waals surface area (Å²) in [6.07, 6.45) is 11.0. The van der Waals surface area contributed by atoms with E-state index in [-0.39, 0.29) is 11.0 Å². The Morgan fingerprint density at radius 1 is 1.12 bits per heavy atom. The van der Waals surface area contributed by atoms with Crippen molar-refractivity contribution in [2.45, 2.75) is 72.4 Å². The Morgan fingerprint density at radius 2 is 1.84 bits per heavy atom. The number of ether oxygens (including phenoxy) is 1. The average molecular weight is 345 g/mol. The molecule has 25 heavy (non-hydrogen) atoms. The highest BCUT2D eigenvalue weighted by Gasteiger charge is 2.25. The normalized spacial score (nSPS) is 12.4. The second kappa shape index (κ2) is 7.56. The lowest BCUT2D eigenvalue weighted by atomic mass is 9.84. The Labute approximate surface area is 151 Å². The van der Waals surface area contributed by atoms with Crippen molar-refractivity contribution in [1.82, 2.24) is 19.6 Å². The van der Waals surface area contributed by atoms with Gasteiger partial charge in [-0.1, -0.05) is 19.4 Å². The molecule has 2 aromatic heterocycles. The van der Waals surface area contributed by atoms with Crippen LogP contribution in [0.25, 0.3) is 6.20 Å². The summed E-state index contributed by atoms with van der Waals surface area (Å²) < 4.78 is 10.0. The molecule has 0 N–H and O–H groups in total. The first-order valence-corrected chi connectivity index (χ1v) is 8.90. The van der Waals surface area contributed by atoms with Crippen molar-refractivity contribution < 1.29 is 4.74 Å². The monoisotopic (exact) mass is 344 g/mol. The molecule has 2 heterocycles. The van der Waals surface area contributed by atoms with Crippen LogP contribution in [-0.2, 0) is 16.7 Å². The molecule has 0 aliphatic heterocycles. The van der Waals surface area contributed by atoms with Gasteiger partial charge < -0.3 is 4.74 Å². The SMILES string of the molecule is CC(C)=Cn1cc(C(C)(C)CCOC(C)(C)Cn2cc(C)cn2)cn1. The molecule has 0 bridgehead atoms. The Morgan fingerprint density at radius 3 is 2.44 bits per heavy atom. The highest BCUT2D eigenvalue weighted by molar-refractivity contribution is 5.29. The minimum Gasteiger partial charge on any atom is -0.374 e. The summed E-state index contributed by atoms with van der Waals surface area (Å²) in [4.78, 5) is 0. The predicted molar refractivity (Wildman–Crippen MR) is 102 cm³/mol. The number of aromatic nitrogens is 4. The van der Waals surface area contributed by atoms with Crippen molar-refractivity contribution in [3.8, 4) is 0 Å². The molecule has 0 aromatic carbocycles. The highest BCUT2D eigenvalue weighted by atomic mass is 16.5. The smallest absolute Gasteiger partial charge is 0.0821 e. The summed E-state index contributed by atoms with van der Waals surface area (Å²) in [5, 5.41) is 8.78. The molecule has 0 fully saturated rings. The van der Waals surface area contributed by atoms with Crippen LogP contribution in [0.2, 0.25) is 0 Å². The first-order valence-electron chi connectivity index (χ1n) is 8.90. The van der Waals surface area contributed by atoms with E-state index < -0.39 is 0 Å². The van der Waals surface area contributed by atoms with Gasteiger partial charge in [0.1, 0.15) is 0 Å². The van der Waals surface area contributed by atoms with E-state index >= 15 is 0 Å². The minimum atomic E-state index is -0.249. The number of allylic oxidation sites excluding steroid dienone is 1. The van der Waals surface area contributed by atoms with Crippen molar-refractivity contribution >= 4 is 6.20 Å². The largest absolute Gasteiger partial charge is 0.374 e. The number of rotatable bonds is 8. The molecule has 0 atom stereocenters. The van der Waals surface area contributed by atoms with Crippen LogP contribution in [0.5, 0.6) is 0 Å². The highest BCUT2D eigenvalue weighted by Crippen LogP contribution is 2.27. The van der Waals surface area contributed by atoms with Crippen molar-refractivity contribution in [3.05, 3.63) is 41.5 Å². The van der Waals surface area contributed by atoms with Gasteiger partial charge in [0.15, 0.2) is 0 Å². The molecule has 5 nitrogen and oxygen atoms in total. The molecule has 0 saturated carbocycles. The molecule has 0 aliphatic rings. The lowest BCUT2D eigenvalue weighted by molar-refractivity contribution is -0.0374. The van der Waals surface area contributed by atoms with Gasteiger partial charge in [0, 0.05) is 25.2 Å². The predicted octanol–water partition coefficient (Wildman–Crippen LogP) is 4.43. The van der Waals surface area contributed by atoms with Crippen LogP contribution in [0.15, 0.2) is 30.4 Å². The Bertz CT molecular complexity index is 718. The van der Waals surface area contributed by atoms with Crippen LogP contribution in [0.3, 0.4) is 0 Å². The van der Waals surface area contributed by atoms with Gasteiger partial charge in [-0.3, -0.25) is 4.68 Å². The molecule has 5 heteroatoms. The summed E-state index contributed by atoms with van der Waals surface area (Å²) in [5.41, 5.74) is 3.40. The van der Waals surface area contributed by atoms with Crippen molar-refractivity contribution in [2.75, 3.05) is 6.61 Å². The molecule has 0 spiro atoms. The maximum atomic E-state index is 6.17. The fourth-order valence-electron chi connectivity index (χ4n) is 2.74. The molecule has 0 radical (unpaired) electrons. The van der Waals surface area contributed by atoms with Gasteiger partial charge in [-0.05, 0) is 57.6 Å². The van der Waals surface area contributed by atoms with Crippen LogP contribution in [0.1, 0.15) is 59.1 Å². The van der Waals surface area contributed by atoms with E-state index in [0.29, 0.717) is 6.61 Å². The lowest BCUT2D eigenvalue weighted by Gasteiger charge is -2.29. The van der Waals surface area contributed by atoms with E-state index in [2.05, 4.69) is 64.9 Å². The Balaban J connectivity index is 1.90. The second-order valence-electron chi connectivity index (χ2n) is 8.37. The van der Waals surface area contributed by atoms with Crippen LogP contribution < -0.4 is 0 Å². The van der Waals surface area contributed by atoms with E-state index in [1.807, 2.05) is 34.2 Å². The van der Waals surface area contributed by atoms with E-state index in [1.54, 1.807) is 0 Å². The van der Waals surface area contributed by atoms with Crippen LogP contribution in [0, 0.1) is 6.92 Å². The number of hydrogen-bond acceptors (Lipinski definition) is 3. The molecule has 138 valence electrons. The maximum absolute atomic E-state index is 6.17. The Hall–Kier alpha value is -1.88. The van der Waals surface area contributed by atoms with Gasteiger partial charge in [0.05, 0.1) is 24.5 Å². The van der Waals surface area contributed by atoms with Gasteiger partial charge in [0.2, 0.25) is 0 Å². The molecular weight excluding hydrogens is 312 g/mol. The first-order chi connectivity index (χ1) is 11.6. The zero-order valence-electron chi connectivity index (χ0n) is 16.7. The second-order valence-corrected chi connectivity index (χ2v) is 8.37. The number of aryl methyl sites for hydroxylation is 1. The van der Waals surface area contributed by atoms with Gasteiger partial charge in [0.25, 0.3) is 0 Å². The summed E-state index contributed by atoms with van der Waals surface area (Å²) in [5.74, 6) is 0. The van der Waals surface area contributed by atoms with E-state index in [9.17, 15) is 0 Å². The first kappa shape index (κ1) is 19.4. The van der Waals surface area contributed by atoms with E-state index in [4.69, 9.17) is 4.74 Å². The fraction of sp³-hybridized carbons (Fsp3) is 0.600. The minimum absolute atomic E-state index is 0.0199. The van der Waals surface area contributed by atoms with Gasteiger partial charge in [-0.15, -0.1) is 0 Å². The molecular formula is C20H32N4O. The topological polar surface area (TPSA) is 44.9 Å².